The number of hydrogen-bond acceptors (Lipinski definition) is 3. The van der Waals surface area contributed by atoms with Gasteiger partial charge in [-0.05, 0) is 48.9 Å². The van der Waals surface area contributed by atoms with Crippen molar-refractivity contribution in [3.8, 4) is 17.0 Å². The van der Waals surface area contributed by atoms with E-state index in [0.29, 0.717) is 5.75 Å². The van der Waals surface area contributed by atoms with Crippen LogP contribution in [-0.4, -0.2) is 17.5 Å². The van der Waals surface area contributed by atoms with Crippen LogP contribution in [0.4, 0.5) is 0 Å². The maximum atomic E-state index is 10.7. The highest BCUT2D eigenvalue weighted by molar-refractivity contribution is 5.84. The highest BCUT2D eigenvalue weighted by Gasteiger charge is 2.05. The Morgan fingerprint density at radius 3 is 2.59 bits per heavy atom. The second kappa shape index (κ2) is 5.85. The van der Waals surface area contributed by atoms with Crippen molar-refractivity contribution in [2.24, 2.45) is 5.73 Å². The van der Waals surface area contributed by atoms with Gasteiger partial charge in [0.1, 0.15) is 5.75 Å². The minimum Gasteiger partial charge on any atom is -0.484 e. The minimum atomic E-state index is -0.490. The first-order valence-corrected chi connectivity index (χ1v) is 7.01. The molecule has 2 aromatic carbocycles. The van der Waals surface area contributed by atoms with Crippen LogP contribution in [0, 0.1) is 6.92 Å². The fourth-order valence-electron chi connectivity index (χ4n) is 2.37. The number of ether oxygens (including phenoxy) is 1. The van der Waals surface area contributed by atoms with Crippen molar-refractivity contribution in [1.82, 2.24) is 4.98 Å². The van der Waals surface area contributed by atoms with Crippen molar-refractivity contribution in [1.29, 1.82) is 0 Å². The molecule has 1 aromatic heterocycles. The monoisotopic (exact) mass is 292 g/mol. The molecule has 0 aliphatic rings. The van der Waals surface area contributed by atoms with E-state index in [1.807, 2.05) is 42.5 Å². The van der Waals surface area contributed by atoms with Gasteiger partial charge in [0, 0.05) is 10.9 Å². The van der Waals surface area contributed by atoms with Crippen LogP contribution in [-0.2, 0) is 4.79 Å². The van der Waals surface area contributed by atoms with E-state index >= 15 is 0 Å². The number of aryl methyl sites for hydroxylation is 1. The standard InChI is InChI=1S/C18H16N2O2/c1-12-10-17(20-16-5-3-2-4-15(12)16)13-6-8-14(9-7-13)22-11-18(19)21/h2-10H,11H2,1H3,(H2,19,21). The summed E-state index contributed by atoms with van der Waals surface area (Å²) in [6.07, 6.45) is 0. The van der Waals surface area contributed by atoms with Gasteiger partial charge in [0.25, 0.3) is 5.91 Å². The number of hydrogen-bond donors (Lipinski definition) is 1. The van der Waals surface area contributed by atoms with Crippen LogP contribution in [0.5, 0.6) is 5.75 Å². The Bertz CT molecular complexity index is 826. The Morgan fingerprint density at radius 2 is 1.86 bits per heavy atom. The molecule has 0 bridgehead atoms. The number of carbonyl (C=O) groups is 1. The molecule has 0 fully saturated rings. The fraction of sp³-hybridized carbons (Fsp3) is 0.111. The first-order valence-electron chi connectivity index (χ1n) is 7.01. The van der Waals surface area contributed by atoms with Crippen LogP contribution in [0.3, 0.4) is 0 Å². The molecule has 4 heteroatoms. The quantitative estimate of drug-likeness (QED) is 0.803. The molecular formula is C18H16N2O2. The van der Waals surface area contributed by atoms with Crippen LogP contribution >= 0.6 is 0 Å². The molecule has 0 radical (unpaired) electrons. The second-order valence-electron chi connectivity index (χ2n) is 5.12. The van der Waals surface area contributed by atoms with Crippen LogP contribution in [0.25, 0.3) is 22.2 Å². The number of pyridine rings is 1. The molecule has 4 nitrogen and oxygen atoms in total. The molecule has 0 aliphatic heterocycles. The molecule has 1 heterocycles. The van der Waals surface area contributed by atoms with Gasteiger partial charge in [-0.3, -0.25) is 4.79 Å². The summed E-state index contributed by atoms with van der Waals surface area (Å²) in [5.74, 6) is 0.121. The van der Waals surface area contributed by atoms with Crippen LogP contribution in [0.2, 0.25) is 0 Å². The lowest BCUT2D eigenvalue weighted by Gasteiger charge is -2.08. The van der Waals surface area contributed by atoms with E-state index in [0.717, 1.165) is 22.2 Å². The summed E-state index contributed by atoms with van der Waals surface area (Å²) in [5.41, 5.74) is 9.14. The van der Waals surface area contributed by atoms with E-state index in [9.17, 15) is 4.79 Å². The van der Waals surface area contributed by atoms with Gasteiger partial charge < -0.3 is 10.5 Å². The van der Waals surface area contributed by atoms with Gasteiger partial charge in [-0.1, -0.05) is 18.2 Å². The average molecular weight is 292 g/mol. The third-order valence-corrected chi connectivity index (χ3v) is 3.45. The first kappa shape index (κ1) is 14.1. The first-order chi connectivity index (χ1) is 10.6. The van der Waals surface area contributed by atoms with Crippen molar-refractivity contribution in [2.75, 3.05) is 6.61 Å². The van der Waals surface area contributed by atoms with E-state index in [1.54, 1.807) is 0 Å². The molecule has 110 valence electrons. The Morgan fingerprint density at radius 1 is 1.14 bits per heavy atom. The van der Waals surface area contributed by atoms with Crippen LogP contribution < -0.4 is 10.5 Å². The van der Waals surface area contributed by atoms with E-state index in [1.165, 1.54) is 5.56 Å². The molecule has 0 unspecified atom stereocenters. The van der Waals surface area contributed by atoms with Crippen LogP contribution in [0.15, 0.2) is 54.6 Å². The molecule has 22 heavy (non-hydrogen) atoms. The summed E-state index contributed by atoms with van der Waals surface area (Å²) in [6, 6.07) is 17.6. The fourth-order valence-corrected chi connectivity index (χ4v) is 2.37. The Labute approximate surface area is 128 Å². The number of benzene rings is 2. The number of para-hydroxylation sites is 1. The van der Waals surface area contributed by atoms with Crippen molar-refractivity contribution < 1.29 is 9.53 Å². The summed E-state index contributed by atoms with van der Waals surface area (Å²) in [6.45, 7) is 1.96. The Balaban J connectivity index is 1.92. The number of aromatic nitrogens is 1. The zero-order chi connectivity index (χ0) is 15.5. The normalized spacial score (nSPS) is 10.6. The van der Waals surface area contributed by atoms with Gasteiger partial charge in [0.2, 0.25) is 0 Å². The van der Waals surface area contributed by atoms with Gasteiger partial charge in [-0.2, -0.15) is 0 Å². The molecule has 3 aromatic rings. The van der Waals surface area contributed by atoms with E-state index in [4.69, 9.17) is 15.5 Å². The zero-order valence-corrected chi connectivity index (χ0v) is 12.2. The van der Waals surface area contributed by atoms with Gasteiger partial charge in [-0.25, -0.2) is 4.98 Å². The van der Waals surface area contributed by atoms with Crippen LogP contribution in [0.1, 0.15) is 5.56 Å². The summed E-state index contributed by atoms with van der Waals surface area (Å²) in [4.78, 5) is 15.4. The number of primary amides is 1. The zero-order valence-electron chi connectivity index (χ0n) is 12.2. The topological polar surface area (TPSA) is 65.2 Å². The van der Waals surface area contributed by atoms with E-state index in [-0.39, 0.29) is 6.61 Å². The largest absolute Gasteiger partial charge is 0.484 e. The third kappa shape index (κ3) is 2.91. The lowest BCUT2D eigenvalue weighted by atomic mass is 10.1. The number of nitrogens with two attached hydrogens (primary N) is 1. The smallest absolute Gasteiger partial charge is 0.255 e. The number of amides is 1. The Kier molecular flexibility index (Phi) is 3.74. The molecule has 0 spiro atoms. The number of carbonyl (C=O) groups excluding carboxylic acids is 1. The number of fused-ring (bicyclic) bond motifs is 1. The highest BCUT2D eigenvalue weighted by atomic mass is 16.5. The van der Waals surface area contributed by atoms with Crippen molar-refractivity contribution in [3.05, 3.63) is 60.2 Å². The van der Waals surface area contributed by atoms with Gasteiger partial charge in [0.05, 0.1) is 11.2 Å². The second-order valence-corrected chi connectivity index (χ2v) is 5.12. The van der Waals surface area contributed by atoms with Gasteiger partial charge in [-0.15, -0.1) is 0 Å². The third-order valence-electron chi connectivity index (χ3n) is 3.45. The van der Waals surface area contributed by atoms with Crippen molar-refractivity contribution in [3.63, 3.8) is 0 Å². The predicted molar refractivity (Wildman–Crippen MR) is 86.6 cm³/mol. The van der Waals surface area contributed by atoms with E-state index < -0.39 is 5.91 Å². The lowest BCUT2D eigenvalue weighted by Crippen LogP contribution is -2.19. The summed E-state index contributed by atoms with van der Waals surface area (Å²) >= 11 is 0. The summed E-state index contributed by atoms with van der Waals surface area (Å²) in [5, 5.41) is 1.16. The van der Waals surface area contributed by atoms with Crippen molar-refractivity contribution >= 4 is 16.8 Å². The molecule has 3 rings (SSSR count). The number of rotatable bonds is 4. The summed E-state index contributed by atoms with van der Waals surface area (Å²) < 4.78 is 5.26. The molecule has 0 saturated heterocycles. The molecule has 1 amide bonds. The van der Waals surface area contributed by atoms with Gasteiger partial charge >= 0.3 is 0 Å². The highest BCUT2D eigenvalue weighted by Crippen LogP contribution is 2.25. The maximum absolute atomic E-state index is 10.7. The lowest BCUT2D eigenvalue weighted by molar-refractivity contribution is -0.119. The van der Waals surface area contributed by atoms with Gasteiger partial charge in [0.15, 0.2) is 6.61 Å². The molecule has 0 saturated carbocycles. The molecule has 0 aliphatic carbocycles. The average Bonchev–Trinajstić information content (AvgIpc) is 2.53. The number of nitrogens with zero attached hydrogens (tertiary/aromatic N) is 1. The molecule has 2 N–H and O–H groups in total. The Hall–Kier alpha value is -2.88. The minimum absolute atomic E-state index is 0.118. The summed E-state index contributed by atoms with van der Waals surface area (Å²) in [7, 11) is 0. The maximum Gasteiger partial charge on any atom is 0.255 e. The SMILES string of the molecule is Cc1cc(-c2ccc(OCC(N)=O)cc2)nc2ccccc12. The molecule has 0 atom stereocenters. The molecular weight excluding hydrogens is 276 g/mol. The van der Waals surface area contributed by atoms with Crippen molar-refractivity contribution in [2.45, 2.75) is 6.92 Å². The predicted octanol–water partition coefficient (Wildman–Crippen LogP) is 3.07. The van der Waals surface area contributed by atoms with E-state index in [2.05, 4.69) is 19.1 Å².